The van der Waals surface area contributed by atoms with Gasteiger partial charge in [-0.15, -0.1) is 4.40 Å². The van der Waals surface area contributed by atoms with Gasteiger partial charge in [0.1, 0.15) is 0 Å². The van der Waals surface area contributed by atoms with Gasteiger partial charge in [-0.25, -0.2) is 0 Å². The van der Waals surface area contributed by atoms with Gasteiger partial charge in [0.25, 0.3) is 10.0 Å². The maximum Gasteiger partial charge on any atom is 0.285 e. The largest absolute Gasteiger partial charge is 0.477 e. The van der Waals surface area contributed by atoms with Crippen LogP contribution in [0.1, 0.15) is 17.5 Å². The Labute approximate surface area is 150 Å². The molecule has 0 aromatic heterocycles. The average molecular weight is 360 g/mol. The Bertz CT molecular complexity index is 798. The number of rotatable bonds is 7. The van der Waals surface area contributed by atoms with Crippen molar-refractivity contribution < 1.29 is 13.2 Å². The minimum Gasteiger partial charge on any atom is -0.477 e. The molecule has 25 heavy (non-hydrogen) atoms. The van der Waals surface area contributed by atoms with Gasteiger partial charge in [-0.2, -0.15) is 8.42 Å². The molecule has 0 heterocycles. The molecule has 0 saturated carbocycles. The van der Waals surface area contributed by atoms with E-state index >= 15 is 0 Å². The highest BCUT2D eigenvalue weighted by Gasteiger charge is 2.16. The lowest BCUT2D eigenvalue weighted by atomic mass is 10.2. The highest BCUT2D eigenvalue weighted by Crippen LogP contribution is 2.15. The predicted molar refractivity (Wildman–Crippen MR) is 100 cm³/mol. The fourth-order valence-corrected chi connectivity index (χ4v) is 3.13. The molecule has 0 fully saturated rings. The predicted octanol–water partition coefficient (Wildman–Crippen LogP) is 3.10. The highest BCUT2D eigenvalue weighted by molar-refractivity contribution is 7.90. The monoisotopic (exact) mass is 360 g/mol. The van der Waals surface area contributed by atoms with Gasteiger partial charge in [0.2, 0.25) is 5.90 Å². The summed E-state index contributed by atoms with van der Waals surface area (Å²) in [6.45, 7) is 3.16. The second kappa shape index (κ2) is 8.78. The summed E-state index contributed by atoms with van der Waals surface area (Å²) in [7, 11) is 0.135. The molecule has 0 atom stereocenters. The normalized spacial score (nSPS) is 12.4. The van der Waals surface area contributed by atoms with E-state index in [1.165, 1.54) is 0 Å². The summed E-state index contributed by atoms with van der Waals surface area (Å²) >= 11 is 0. The Morgan fingerprint density at radius 1 is 1.04 bits per heavy atom. The zero-order valence-electron chi connectivity index (χ0n) is 14.8. The van der Waals surface area contributed by atoms with Gasteiger partial charge in [-0.3, -0.25) is 0 Å². The summed E-state index contributed by atoms with van der Waals surface area (Å²) in [5.74, 6) is 0.125. The second-order valence-corrected chi connectivity index (χ2v) is 7.66. The van der Waals surface area contributed by atoms with Crippen molar-refractivity contribution in [2.45, 2.75) is 18.2 Å². The van der Waals surface area contributed by atoms with Crippen molar-refractivity contribution in [3.8, 4) is 0 Å². The van der Waals surface area contributed by atoms with Crippen LogP contribution in [0.4, 0.5) is 0 Å². The number of hydrogen-bond donors (Lipinski definition) is 0. The van der Waals surface area contributed by atoms with Crippen LogP contribution in [0, 0.1) is 6.92 Å². The maximum atomic E-state index is 12.6. The zero-order chi connectivity index (χ0) is 18.3. The third-order valence-electron chi connectivity index (χ3n) is 3.53. The molecule has 0 radical (unpaired) electrons. The third-order valence-corrected chi connectivity index (χ3v) is 4.81. The molecule has 2 rings (SSSR count). The number of ether oxygens (including phenoxy) is 1. The molecule has 0 aliphatic heterocycles. The van der Waals surface area contributed by atoms with Gasteiger partial charge in [-0.05, 0) is 51.7 Å². The first-order chi connectivity index (χ1) is 11.9. The standard InChI is InChI=1S/C19H24N2O3S/c1-16-10-12-18(13-11-16)25(22,23)20-19(17-8-5-4-6-9-17)24-15-7-14-21(2)3/h4-6,8-13H,7,14-15H2,1-3H3/b20-19-. The number of nitrogens with zero attached hydrogens (tertiary/aromatic N) is 2. The lowest BCUT2D eigenvalue weighted by Crippen LogP contribution is -2.17. The zero-order valence-corrected chi connectivity index (χ0v) is 15.7. The quantitative estimate of drug-likeness (QED) is 0.432. The Morgan fingerprint density at radius 2 is 1.68 bits per heavy atom. The fourth-order valence-electron chi connectivity index (χ4n) is 2.16. The van der Waals surface area contributed by atoms with E-state index in [-0.39, 0.29) is 10.8 Å². The summed E-state index contributed by atoms with van der Waals surface area (Å²) in [4.78, 5) is 2.20. The Hall–Kier alpha value is -2.18. The van der Waals surface area contributed by atoms with E-state index in [9.17, 15) is 8.42 Å². The molecule has 0 unspecified atom stereocenters. The molecular formula is C19H24N2O3S. The molecule has 2 aromatic rings. The summed E-state index contributed by atoms with van der Waals surface area (Å²) in [6.07, 6.45) is 0.781. The van der Waals surface area contributed by atoms with Crippen LogP contribution < -0.4 is 0 Å². The van der Waals surface area contributed by atoms with E-state index in [2.05, 4.69) is 4.40 Å². The maximum absolute atomic E-state index is 12.6. The summed E-state index contributed by atoms with van der Waals surface area (Å²) in [5, 5.41) is 0. The molecule has 0 spiro atoms. The lowest BCUT2D eigenvalue weighted by molar-refractivity contribution is 0.273. The van der Waals surface area contributed by atoms with Crippen LogP contribution in [0.5, 0.6) is 0 Å². The first-order valence-electron chi connectivity index (χ1n) is 8.13. The average Bonchev–Trinajstić information content (AvgIpc) is 2.58. The smallest absolute Gasteiger partial charge is 0.285 e. The number of aryl methyl sites for hydroxylation is 1. The molecule has 0 N–H and O–H groups in total. The van der Waals surface area contributed by atoms with Crippen molar-refractivity contribution in [2.75, 3.05) is 27.2 Å². The topological polar surface area (TPSA) is 59.0 Å². The molecule has 0 aliphatic rings. The molecule has 0 amide bonds. The van der Waals surface area contributed by atoms with Gasteiger partial charge >= 0.3 is 0 Å². The van der Waals surface area contributed by atoms with Gasteiger partial charge in [0.05, 0.1) is 11.5 Å². The minimum absolute atomic E-state index is 0.125. The van der Waals surface area contributed by atoms with E-state index in [0.717, 1.165) is 18.5 Å². The van der Waals surface area contributed by atoms with Gasteiger partial charge in [0.15, 0.2) is 0 Å². The van der Waals surface area contributed by atoms with Gasteiger partial charge in [0, 0.05) is 12.1 Å². The SMILES string of the molecule is Cc1ccc(S(=O)(=O)/N=C(\OCCCN(C)C)c2ccccc2)cc1. The number of sulfonamides is 1. The third kappa shape index (κ3) is 5.99. The van der Waals surface area contributed by atoms with E-state index in [1.54, 1.807) is 36.4 Å². The van der Waals surface area contributed by atoms with Crippen LogP contribution in [0.2, 0.25) is 0 Å². The summed E-state index contributed by atoms with van der Waals surface area (Å²) in [6, 6.07) is 15.7. The van der Waals surface area contributed by atoms with Crippen LogP contribution in [-0.4, -0.2) is 46.5 Å². The molecule has 0 aliphatic carbocycles. The van der Waals surface area contributed by atoms with E-state index in [0.29, 0.717) is 12.2 Å². The molecular weight excluding hydrogens is 336 g/mol. The van der Waals surface area contributed by atoms with Gasteiger partial charge < -0.3 is 9.64 Å². The second-order valence-electron chi connectivity index (χ2n) is 6.06. The summed E-state index contributed by atoms with van der Waals surface area (Å²) in [5.41, 5.74) is 1.63. The number of hydrogen-bond acceptors (Lipinski definition) is 4. The molecule has 134 valence electrons. The van der Waals surface area contributed by atoms with Crippen molar-refractivity contribution in [1.82, 2.24) is 4.90 Å². The fraction of sp³-hybridized carbons (Fsp3) is 0.316. The van der Waals surface area contributed by atoms with Crippen LogP contribution in [-0.2, 0) is 14.8 Å². The lowest BCUT2D eigenvalue weighted by Gasteiger charge is -2.12. The van der Waals surface area contributed by atoms with Gasteiger partial charge in [-0.1, -0.05) is 35.9 Å². The highest BCUT2D eigenvalue weighted by atomic mass is 32.2. The van der Waals surface area contributed by atoms with E-state index in [4.69, 9.17) is 4.74 Å². The van der Waals surface area contributed by atoms with Crippen LogP contribution in [0.25, 0.3) is 0 Å². The van der Waals surface area contributed by atoms with Crippen molar-refractivity contribution in [2.24, 2.45) is 4.40 Å². The Balaban J connectivity index is 2.27. The first kappa shape index (κ1) is 19.1. The molecule has 0 bridgehead atoms. The van der Waals surface area contributed by atoms with Crippen molar-refractivity contribution in [3.05, 3.63) is 65.7 Å². The van der Waals surface area contributed by atoms with Crippen molar-refractivity contribution in [1.29, 1.82) is 0 Å². The van der Waals surface area contributed by atoms with E-state index < -0.39 is 10.0 Å². The van der Waals surface area contributed by atoms with E-state index in [1.807, 2.05) is 44.1 Å². The molecule has 6 heteroatoms. The first-order valence-corrected chi connectivity index (χ1v) is 9.57. The van der Waals surface area contributed by atoms with Crippen LogP contribution >= 0.6 is 0 Å². The van der Waals surface area contributed by atoms with Crippen molar-refractivity contribution >= 4 is 15.9 Å². The Kier molecular flexibility index (Phi) is 6.73. The van der Waals surface area contributed by atoms with Crippen molar-refractivity contribution in [3.63, 3.8) is 0 Å². The Morgan fingerprint density at radius 3 is 2.28 bits per heavy atom. The molecule has 2 aromatic carbocycles. The molecule has 5 nitrogen and oxygen atoms in total. The number of benzene rings is 2. The molecule has 0 saturated heterocycles. The summed E-state index contributed by atoms with van der Waals surface area (Å²) < 4.78 is 34.8. The van der Waals surface area contributed by atoms with Crippen LogP contribution in [0.15, 0.2) is 63.9 Å². The van der Waals surface area contributed by atoms with Crippen LogP contribution in [0.3, 0.4) is 0 Å². The minimum atomic E-state index is -3.83.